The van der Waals surface area contributed by atoms with E-state index in [1.165, 1.54) is 7.11 Å². The molecular weight excluding hydrogens is 344 g/mol. The molecule has 5 heteroatoms. The highest BCUT2D eigenvalue weighted by Gasteiger charge is 2.49. The minimum atomic E-state index is -2.01. The summed E-state index contributed by atoms with van der Waals surface area (Å²) in [5.41, 5.74) is 1.55. The van der Waals surface area contributed by atoms with Gasteiger partial charge < -0.3 is 13.9 Å². The Balaban J connectivity index is 3.12. The van der Waals surface area contributed by atoms with E-state index in [4.69, 9.17) is 20.3 Å². The number of hydrogen-bond acceptors (Lipinski definition) is 4. The Morgan fingerprint density at radius 2 is 1.73 bits per heavy atom. The molecule has 0 unspecified atom stereocenters. The number of ether oxygens (including phenoxy) is 2. The Labute approximate surface area is 161 Å². The molecule has 0 amide bonds. The van der Waals surface area contributed by atoms with E-state index in [0.29, 0.717) is 23.0 Å². The van der Waals surface area contributed by atoms with Crippen molar-refractivity contribution in [1.29, 1.82) is 0 Å². The molecule has 0 bridgehead atoms. The van der Waals surface area contributed by atoms with Crippen molar-refractivity contribution in [3.8, 4) is 12.3 Å². The summed E-state index contributed by atoms with van der Waals surface area (Å²) >= 11 is 0. The molecule has 0 aliphatic carbocycles. The zero-order valence-electron chi connectivity index (χ0n) is 17.9. The lowest BCUT2D eigenvalue weighted by molar-refractivity contribution is -0.157. The monoisotopic (exact) mass is 382 g/mol. The summed E-state index contributed by atoms with van der Waals surface area (Å²) in [5, 5.41) is 0. The molecule has 1 heterocycles. The first-order valence-electron chi connectivity index (χ1n) is 9.93. The van der Waals surface area contributed by atoms with Gasteiger partial charge in [0.1, 0.15) is 0 Å². The molecule has 1 fully saturated rings. The first kappa shape index (κ1) is 23.2. The molecule has 1 aliphatic rings. The average Bonchev–Trinajstić information content (AvgIpc) is 2.55. The van der Waals surface area contributed by atoms with E-state index in [-0.39, 0.29) is 36.6 Å². The molecule has 0 aromatic heterocycles. The second kappa shape index (κ2) is 9.92. The summed E-state index contributed by atoms with van der Waals surface area (Å²) in [5.74, 6) is 2.59. The van der Waals surface area contributed by atoms with Crippen LogP contribution < -0.4 is 0 Å². The lowest BCUT2D eigenvalue weighted by atomic mass is 9.88. The van der Waals surface area contributed by atoms with Crippen molar-refractivity contribution in [3.63, 3.8) is 0 Å². The fourth-order valence-electron chi connectivity index (χ4n) is 4.71. The summed E-state index contributed by atoms with van der Waals surface area (Å²) in [6.07, 6.45) is 6.91. The minimum Gasteiger partial charge on any atom is -0.469 e. The predicted molar refractivity (Wildman–Crippen MR) is 108 cm³/mol. The molecule has 0 saturated carbocycles. The molecule has 4 nitrogen and oxygen atoms in total. The van der Waals surface area contributed by atoms with Gasteiger partial charge in [-0.15, -0.1) is 12.3 Å². The molecule has 1 saturated heterocycles. The molecule has 0 aromatic rings. The average molecular weight is 383 g/mol. The SMILES string of the molecule is C#CC[C@@H]1C[C@H](O[Si](C(C)C)(C(C)C)C(C)C)[C@@H](C)[C@H](CC(=O)OC)O1. The largest absolute Gasteiger partial charge is 0.469 e. The van der Waals surface area contributed by atoms with E-state index in [1.807, 2.05) is 0 Å². The van der Waals surface area contributed by atoms with Gasteiger partial charge in [0.05, 0.1) is 31.8 Å². The molecule has 0 aromatic carbocycles. The van der Waals surface area contributed by atoms with Gasteiger partial charge in [0.2, 0.25) is 8.32 Å². The predicted octanol–water partition coefficient (Wildman–Crippen LogP) is 4.93. The number of terminal acetylenes is 1. The van der Waals surface area contributed by atoms with Gasteiger partial charge in [-0.2, -0.15) is 0 Å². The molecule has 0 N–H and O–H groups in total. The van der Waals surface area contributed by atoms with Crippen molar-refractivity contribution in [2.75, 3.05) is 7.11 Å². The molecule has 26 heavy (non-hydrogen) atoms. The summed E-state index contributed by atoms with van der Waals surface area (Å²) in [7, 11) is -0.597. The lowest BCUT2D eigenvalue weighted by Crippen LogP contribution is -2.55. The van der Waals surface area contributed by atoms with Crippen LogP contribution in [0.4, 0.5) is 0 Å². The van der Waals surface area contributed by atoms with Gasteiger partial charge in [0.15, 0.2) is 0 Å². The van der Waals surface area contributed by atoms with Crippen LogP contribution in [0.1, 0.15) is 67.7 Å². The molecule has 0 radical (unpaired) electrons. The number of carbonyl (C=O) groups excluding carboxylic acids is 1. The standard InChI is InChI=1S/C21H38O4Si/c1-10-11-18-12-20(17(8)19(24-18)13-21(22)23-9)25-26(14(2)3,15(4)5)16(6)7/h1,14-20H,11-13H2,2-9H3/t17-,18+,19-,20-/m0/s1. The third-order valence-corrected chi connectivity index (χ3v) is 12.2. The van der Waals surface area contributed by atoms with E-state index in [1.54, 1.807) is 0 Å². The van der Waals surface area contributed by atoms with Crippen molar-refractivity contribution in [2.24, 2.45) is 5.92 Å². The number of esters is 1. The third kappa shape index (κ3) is 5.12. The van der Waals surface area contributed by atoms with Crippen LogP contribution in [0.2, 0.25) is 16.6 Å². The molecular formula is C21H38O4Si. The van der Waals surface area contributed by atoms with Crippen LogP contribution in [-0.4, -0.2) is 39.7 Å². The van der Waals surface area contributed by atoms with Gasteiger partial charge in [-0.1, -0.05) is 48.5 Å². The van der Waals surface area contributed by atoms with E-state index in [9.17, 15) is 4.79 Å². The molecule has 4 atom stereocenters. The number of rotatable bonds is 8. The van der Waals surface area contributed by atoms with Gasteiger partial charge in [0, 0.05) is 12.3 Å². The number of carbonyl (C=O) groups is 1. The van der Waals surface area contributed by atoms with Crippen molar-refractivity contribution in [2.45, 2.75) is 103 Å². The van der Waals surface area contributed by atoms with E-state index in [0.717, 1.165) is 6.42 Å². The second-order valence-corrected chi connectivity index (χ2v) is 14.0. The minimum absolute atomic E-state index is 0.0611. The Morgan fingerprint density at radius 1 is 1.19 bits per heavy atom. The molecule has 0 spiro atoms. The fraction of sp³-hybridized carbons (Fsp3) is 0.857. The van der Waals surface area contributed by atoms with Crippen LogP contribution in [0.25, 0.3) is 0 Å². The highest BCUT2D eigenvalue weighted by molar-refractivity contribution is 6.77. The molecule has 1 aliphatic heterocycles. The quantitative estimate of drug-likeness (QED) is 0.339. The van der Waals surface area contributed by atoms with Crippen LogP contribution in [-0.2, 0) is 18.7 Å². The van der Waals surface area contributed by atoms with Gasteiger partial charge in [-0.05, 0) is 23.0 Å². The van der Waals surface area contributed by atoms with E-state index < -0.39 is 8.32 Å². The number of hydrogen-bond donors (Lipinski definition) is 0. The van der Waals surface area contributed by atoms with Crippen molar-refractivity contribution in [1.82, 2.24) is 0 Å². The maximum absolute atomic E-state index is 11.8. The lowest BCUT2D eigenvalue weighted by Gasteiger charge is -2.49. The fourth-order valence-corrected chi connectivity index (χ4v) is 10.4. The highest BCUT2D eigenvalue weighted by atomic mass is 28.4. The second-order valence-electron chi connectivity index (χ2n) is 8.55. The van der Waals surface area contributed by atoms with Crippen LogP contribution in [0.3, 0.4) is 0 Å². The molecule has 1 rings (SSSR count). The van der Waals surface area contributed by atoms with Crippen LogP contribution in [0, 0.1) is 18.3 Å². The van der Waals surface area contributed by atoms with Gasteiger partial charge >= 0.3 is 5.97 Å². The third-order valence-electron chi connectivity index (χ3n) is 6.04. The smallest absolute Gasteiger partial charge is 0.308 e. The van der Waals surface area contributed by atoms with E-state index in [2.05, 4.69) is 54.4 Å². The van der Waals surface area contributed by atoms with Crippen molar-refractivity contribution in [3.05, 3.63) is 0 Å². The maximum Gasteiger partial charge on any atom is 0.308 e. The van der Waals surface area contributed by atoms with E-state index >= 15 is 0 Å². The van der Waals surface area contributed by atoms with Crippen LogP contribution in [0.15, 0.2) is 0 Å². The molecule has 150 valence electrons. The zero-order valence-corrected chi connectivity index (χ0v) is 18.9. The Hall–Kier alpha value is -0.833. The highest BCUT2D eigenvalue weighted by Crippen LogP contribution is 2.45. The van der Waals surface area contributed by atoms with Gasteiger partial charge in [0.25, 0.3) is 0 Å². The zero-order chi connectivity index (χ0) is 20.1. The first-order valence-corrected chi connectivity index (χ1v) is 12.1. The van der Waals surface area contributed by atoms with Gasteiger partial charge in [-0.3, -0.25) is 4.79 Å². The topological polar surface area (TPSA) is 44.8 Å². The van der Waals surface area contributed by atoms with Crippen LogP contribution in [0.5, 0.6) is 0 Å². The normalized spacial score (nSPS) is 27.0. The number of methoxy groups -OCH3 is 1. The summed E-state index contributed by atoms with van der Waals surface area (Å²) in [6.45, 7) is 15.9. The first-order chi connectivity index (χ1) is 12.1. The van der Waals surface area contributed by atoms with Gasteiger partial charge in [-0.25, -0.2) is 0 Å². The Morgan fingerprint density at radius 3 is 2.15 bits per heavy atom. The summed E-state index contributed by atoms with van der Waals surface area (Å²) in [4.78, 5) is 11.8. The Kier molecular flexibility index (Phi) is 8.85. The Bertz CT molecular complexity index is 473. The maximum atomic E-state index is 11.8. The van der Waals surface area contributed by atoms with Crippen molar-refractivity contribution >= 4 is 14.3 Å². The summed E-state index contributed by atoms with van der Waals surface area (Å²) < 4.78 is 18.0. The van der Waals surface area contributed by atoms with Crippen molar-refractivity contribution < 1.29 is 18.7 Å². The summed E-state index contributed by atoms with van der Waals surface area (Å²) in [6, 6.07) is 0. The van der Waals surface area contributed by atoms with Crippen LogP contribution >= 0.6 is 0 Å².